The van der Waals surface area contributed by atoms with Crippen molar-refractivity contribution in [1.29, 1.82) is 0 Å². The van der Waals surface area contributed by atoms with Crippen molar-refractivity contribution in [3.8, 4) is 0 Å². The first-order chi connectivity index (χ1) is 9.65. The number of benzene rings is 1. The van der Waals surface area contributed by atoms with Crippen molar-refractivity contribution in [2.24, 2.45) is 5.92 Å². The van der Waals surface area contributed by atoms with Crippen LogP contribution in [-0.2, 0) is 11.3 Å². The van der Waals surface area contributed by atoms with Crippen LogP contribution in [0.5, 0.6) is 0 Å². The van der Waals surface area contributed by atoms with Crippen LogP contribution in [0.25, 0.3) is 0 Å². The Labute approximate surface area is 118 Å². The summed E-state index contributed by atoms with van der Waals surface area (Å²) in [4.78, 5) is 14.0. The van der Waals surface area contributed by atoms with E-state index in [0.29, 0.717) is 6.54 Å². The van der Waals surface area contributed by atoms with Crippen LogP contribution in [0.2, 0.25) is 0 Å². The Bertz CT molecular complexity index is 425. The lowest BCUT2D eigenvalue weighted by Crippen LogP contribution is -2.43. The lowest BCUT2D eigenvalue weighted by atomic mass is 9.96. The third-order valence-electron chi connectivity index (χ3n) is 3.56. The van der Waals surface area contributed by atoms with Gasteiger partial charge in [-0.1, -0.05) is 30.3 Å². The van der Waals surface area contributed by atoms with Crippen molar-refractivity contribution in [3.05, 3.63) is 35.9 Å². The zero-order valence-electron chi connectivity index (χ0n) is 11.4. The molecule has 110 valence electrons. The molecule has 0 bridgehead atoms. The van der Waals surface area contributed by atoms with E-state index in [1.807, 2.05) is 18.2 Å². The van der Waals surface area contributed by atoms with Gasteiger partial charge in [0.05, 0.1) is 12.5 Å². The van der Waals surface area contributed by atoms with Crippen molar-refractivity contribution in [3.63, 3.8) is 0 Å². The third-order valence-corrected chi connectivity index (χ3v) is 3.56. The fraction of sp³-hybridized carbons (Fsp3) is 0.533. The number of hydrogen-bond acceptors (Lipinski definition) is 2. The van der Waals surface area contributed by atoms with E-state index in [1.54, 1.807) is 0 Å². The van der Waals surface area contributed by atoms with Crippen molar-refractivity contribution in [2.75, 3.05) is 19.6 Å². The number of carbonyl (C=O) groups is 1. The second kappa shape index (κ2) is 7.33. The summed E-state index contributed by atoms with van der Waals surface area (Å²) >= 11 is 0. The van der Waals surface area contributed by atoms with Gasteiger partial charge in [-0.15, -0.1) is 0 Å². The van der Waals surface area contributed by atoms with Gasteiger partial charge >= 0.3 is 0 Å². The zero-order chi connectivity index (χ0) is 14.4. The Morgan fingerprint density at radius 2 is 2.10 bits per heavy atom. The average Bonchev–Trinajstić information content (AvgIpc) is 2.46. The molecule has 1 atom stereocenters. The second-order valence-corrected chi connectivity index (χ2v) is 5.20. The molecule has 1 heterocycles. The molecule has 3 nitrogen and oxygen atoms in total. The van der Waals surface area contributed by atoms with Crippen molar-refractivity contribution < 1.29 is 13.6 Å². The van der Waals surface area contributed by atoms with E-state index in [-0.39, 0.29) is 11.8 Å². The number of piperidine rings is 1. The van der Waals surface area contributed by atoms with Gasteiger partial charge in [-0.05, 0) is 24.9 Å². The molecule has 0 radical (unpaired) electrons. The van der Waals surface area contributed by atoms with E-state index in [1.165, 1.54) is 5.56 Å². The molecule has 0 aromatic heterocycles. The van der Waals surface area contributed by atoms with E-state index in [4.69, 9.17) is 0 Å². The summed E-state index contributed by atoms with van der Waals surface area (Å²) in [5.74, 6) is -0.422. The number of carbonyl (C=O) groups excluding carboxylic acids is 1. The fourth-order valence-corrected chi connectivity index (χ4v) is 2.58. The Kier molecular flexibility index (Phi) is 5.47. The quantitative estimate of drug-likeness (QED) is 0.898. The van der Waals surface area contributed by atoms with Gasteiger partial charge in [0.1, 0.15) is 0 Å². The number of nitrogens with one attached hydrogen (secondary N) is 1. The molecule has 1 saturated heterocycles. The first kappa shape index (κ1) is 14.9. The minimum Gasteiger partial charge on any atom is -0.350 e. The Morgan fingerprint density at radius 1 is 1.35 bits per heavy atom. The van der Waals surface area contributed by atoms with Crippen LogP contribution in [0.15, 0.2) is 30.3 Å². The highest BCUT2D eigenvalue weighted by Crippen LogP contribution is 2.18. The highest BCUT2D eigenvalue weighted by molar-refractivity contribution is 5.78. The number of hydrogen-bond donors (Lipinski definition) is 1. The number of halogens is 2. The Hall–Kier alpha value is -1.49. The number of amides is 1. The molecule has 1 fully saturated rings. The van der Waals surface area contributed by atoms with Gasteiger partial charge in [0, 0.05) is 13.1 Å². The van der Waals surface area contributed by atoms with Crippen molar-refractivity contribution >= 4 is 5.91 Å². The molecule has 1 N–H and O–H groups in total. The van der Waals surface area contributed by atoms with Gasteiger partial charge in [0.25, 0.3) is 6.43 Å². The number of alkyl halides is 2. The fourth-order valence-electron chi connectivity index (χ4n) is 2.58. The first-order valence-electron chi connectivity index (χ1n) is 6.97. The maximum absolute atomic E-state index is 12.1. The molecule has 1 aromatic carbocycles. The third kappa shape index (κ3) is 4.56. The molecule has 1 aromatic rings. The summed E-state index contributed by atoms with van der Waals surface area (Å²) in [5.41, 5.74) is 1.21. The highest BCUT2D eigenvalue weighted by atomic mass is 19.3. The van der Waals surface area contributed by atoms with Crippen LogP contribution in [0.3, 0.4) is 0 Å². The number of nitrogens with zero attached hydrogens (tertiary/aromatic N) is 1. The monoisotopic (exact) mass is 282 g/mol. The molecular weight excluding hydrogens is 262 g/mol. The van der Waals surface area contributed by atoms with Crippen molar-refractivity contribution in [2.45, 2.75) is 25.8 Å². The highest BCUT2D eigenvalue weighted by Gasteiger charge is 2.25. The molecule has 0 spiro atoms. The molecule has 5 heteroatoms. The molecule has 2 rings (SSSR count). The van der Waals surface area contributed by atoms with Gasteiger partial charge in [-0.25, -0.2) is 8.78 Å². The molecule has 0 aliphatic carbocycles. The SMILES string of the molecule is O=C(NCC(F)F)C1CCCN(Cc2ccccc2)C1. The van der Waals surface area contributed by atoms with Crippen LogP contribution in [0.1, 0.15) is 18.4 Å². The van der Waals surface area contributed by atoms with Gasteiger partial charge < -0.3 is 5.32 Å². The van der Waals surface area contributed by atoms with Gasteiger partial charge in [0.15, 0.2) is 0 Å². The summed E-state index contributed by atoms with van der Waals surface area (Å²) in [5, 5.41) is 2.32. The molecule has 1 aliphatic rings. The first-order valence-corrected chi connectivity index (χ1v) is 6.97. The Morgan fingerprint density at radius 3 is 2.80 bits per heavy atom. The maximum Gasteiger partial charge on any atom is 0.255 e. The minimum atomic E-state index is -2.48. The summed E-state index contributed by atoms with van der Waals surface area (Å²) < 4.78 is 24.2. The largest absolute Gasteiger partial charge is 0.350 e. The summed E-state index contributed by atoms with van der Waals surface area (Å²) in [6, 6.07) is 10.1. The number of likely N-dealkylation sites (tertiary alicyclic amines) is 1. The summed E-state index contributed by atoms with van der Waals surface area (Å²) in [6.45, 7) is 1.85. The van der Waals surface area contributed by atoms with Crippen molar-refractivity contribution in [1.82, 2.24) is 10.2 Å². The number of rotatable bonds is 5. The summed E-state index contributed by atoms with van der Waals surface area (Å²) in [7, 11) is 0. The van der Waals surface area contributed by atoms with E-state index in [2.05, 4.69) is 22.3 Å². The summed E-state index contributed by atoms with van der Waals surface area (Å²) in [6.07, 6.45) is -0.775. The lowest BCUT2D eigenvalue weighted by molar-refractivity contribution is -0.127. The normalized spacial score (nSPS) is 20.1. The van der Waals surface area contributed by atoms with Crippen LogP contribution in [0, 0.1) is 5.92 Å². The molecular formula is C15H20F2N2O. The van der Waals surface area contributed by atoms with E-state index in [0.717, 1.165) is 25.9 Å². The molecule has 1 aliphatic heterocycles. The molecule has 20 heavy (non-hydrogen) atoms. The van der Waals surface area contributed by atoms with Gasteiger partial charge in [-0.3, -0.25) is 9.69 Å². The molecule has 1 unspecified atom stereocenters. The van der Waals surface area contributed by atoms with E-state index < -0.39 is 13.0 Å². The lowest BCUT2D eigenvalue weighted by Gasteiger charge is -2.32. The Balaban J connectivity index is 1.83. The smallest absolute Gasteiger partial charge is 0.255 e. The minimum absolute atomic E-state index is 0.175. The van der Waals surface area contributed by atoms with Crippen LogP contribution < -0.4 is 5.32 Å². The topological polar surface area (TPSA) is 32.3 Å². The second-order valence-electron chi connectivity index (χ2n) is 5.20. The van der Waals surface area contributed by atoms with Gasteiger partial charge in [-0.2, -0.15) is 0 Å². The van der Waals surface area contributed by atoms with Crippen LogP contribution in [-0.4, -0.2) is 36.9 Å². The average molecular weight is 282 g/mol. The van der Waals surface area contributed by atoms with E-state index in [9.17, 15) is 13.6 Å². The molecule has 1 amide bonds. The van der Waals surface area contributed by atoms with Crippen LogP contribution >= 0.6 is 0 Å². The predicted octanol–water partition coefficient (Wildman–Crippen LogP) is 2.28. The molecule has 0 saturated carbocycles. The predicted molar refractivity (Wildman–Crippen MR) is 73.5 cm³/mol. The van der Waals surface area contributed by atoms with Gasteiger partial charge in [0.2, 0.25) is 5.91 Å². The van der Waals surface area contributed by atoms with E-state index >= 15 is 0 Å². The maximum atomic E-state index is 12.1. The standard InChI is InChI=1S/C15H20F2N2O/c16-14(17)9-18-15(20)13-7-4-8-19(11-13)10-12-5-2-1-3-6-12/h1-3,5-6,13-14H,4,7-11H2,(H,18,20). The van der Waals surface area contributed by atoms with Crippen LogP contribution in [0.4, 0.5) is 8.78 Å². The zero-order valence-corrected chi connectivity index (χ0v) is 11.4.